The molecule has 0 bridgehead atoms. The number of guanidine groups is 1. The predicted molar refractivity (Wildman–Crippen MR) is 113 cm³/mol. The van der Waals surface area contributed by atoms with Gasteiger partial charge in [-0.1, -0.05) is 19.1 Å². The highest BCUT2D eigenvalue weighted by Crippen LogP contribution is 2.23. The maximum atomic E-state index is 5.03. The number of aliphatic imine (C=N–C) groups is 1. The molecule has 24 heavy (non-hydrogen) atoms. The number of halogens is 1. The molecule has 0 unspecified atom stereocenters. The number of rotatable bonds is 6. The first-order valence-electron chi connectivity index (χ1n) is 8.50. The zero-order chi connectivity index (χ0) is 16.5. The van der Waals surface area contributed by atoms with Gasteiger partial charge in [-0.15, -0.1) is 24.0 Å². The van der Waals surface area contributed by atoms with Crippen LogP contribution in [0.4, 0.5) is 5.69 Å². The molecule has 0 amide bonds. The fraction of sp³-hybridized carbons (Fsp3) is 0.611. The van der Waals surface area contributed by atoms with Gasteiger partial charge < -0.3 is 20.3 Å². The summed E-state index contributed by atoms with van der Waals surface area (Å²) >= 11 is 0. The highest BCUT2D eigenvalue weighted by molar-refractivity contribution is 14.0. The van der Waals surface area contributed by atoms with Crippen molar-refractivity contribution in [3.63, 3.8) is 0 Å². The number of anilines is 1. The molecule has 0 saturated carbocycles. The van der Waals surface area contributed by atoms with E-state index >= 15 is 0 Å². The van der Waals surface area contributed by atoms with Crippen molar-refractivity contribution >= 4 is 35.6 Å². The minimum atomic E-state index is 0. The Morgan fingerprint density at radius 2 is 1.88 bits per heavy atom. The molecule has 1 aromatic carbocycles. The summed E-state index contributed by atoms with van der Waals surface area (Å²) in [7, 11) is 3.48. The largest absolute Gasteiger partial charge is 0.383 e. The first-order valence-corrected chi connectivity index (χ1v) is 8.50. The van der Waals surface area contributed by atoms with Gasteiger partial charge in [-0.2, -0.15) is 0 Å². The number of nitrogens with zero attached hydrogens (tertiary/aromatic N) is 2. The van der Waals surface area contributed by atoms with Gasteiger partial charge in [-0.05, 0) is 36.5 Å². The lowest BCUT2D eigenvalue weighted by molar-refractivity contribution is 0.203. The van der Waals surface area contributed by atoms with Crippen LogP contribution in [0.5, 0.6) is 0 Å². The van der Waals surface area contributed by atoms with Crippen LogP contribution in [0, 0.1) is 5.92 Å². The number of ether oxygens (including phenoxy) is 1. The normalized spacial score (nSPS) is 15.8. The zero-order valence-corrected chi connectivity index (χ0v) is 17.4. The van der Waals surface area contributed by atoms with Crippen LogP contribution in [0.25, 0.3) is 0 Å². The average molecular weight is 446 g/mol. The van der Waals surface area contributed by atoms with Crippen LogP contribution < -0.4 is 15.5 Å². The van der Waals surface area contributed by atoms with E-state index in [4.69, 9.17) is 4.74 Å². The molecule has 1 aliphatic heterocycles. The Hall–Kier alpha value is -1.02. The second-order valence-corrected chi connectivity index (χ2v) is 6.18. The van der Waals surface area contributed by atoms with Gasteiger partial charge in [-0.25, -0.2) is 0 Å². The zero-order valence-electron chi connectivity index (χ0n) is 15.0. The van der Waals surface area contributed by atoms with Gasteiger partial charge in [0.2, 0.25) is 0 Å². The molecule has 136 valence electrons. The first kappa shape index (κ1) is 21.0. The van der Waals surface area contributed by atoms with E-state index in [1.807, 2.05) is 0 Å². The smallest absolute Gasteiger partial charge is 0.191 e. The maximum Gasteiger partial charge on any atom is 0.191 e. The highest BCUT2D eigenvalue weighted by atomic mass is 127. The van der Waals surface area contributed by atoms with Crippen LogP contribution >= 0.6 is 24.0 Å². The summed E-state index contributed by atoms with van der Waals surface area (Å²) in [6, 6.07) is 8.85. The molecule has 6 heteroatoms. The lowest BCUT2D eigenvalue weighted by Gasteiger charge is -2.32. The minimum absolute atomic E-state index is 0. The quantitative estimate of drug-likeness (QED) is 0.306. The standard InChI is InChI=1S/C18H30N4O.HI/c1-15-8-11-22(12-9-15)17-6-4-16(5-7-17)14-21-18(19-2)20-10-13-23-3;/h4-7,15H,8-14H2,1-3H3,(H2,19,20,21);1H. The number of methoxy groups -OCH3 is 1. The fourth-order valence-electron chi connectivity index (χ4n) is 2.77. The number of piperidine rings is 1. The Kier molecular flexibility index (Phi) is 10.1. The molecule has 2 rings (SSSR count). The van der Waals surface area contributed by atoms with Crippen LogP contribution in [0.3, 0.4) is 0 Å². The summed E-state index contributed by atoms with van der Waals surface area (Å²) in [6.07, 6.45) is 2.60. The summed E-state index contributed by atoms with van der Waals surface area (Å²) in [5.41, 5.74) is 2.59. The molecule has 5 nitrogen and oxygen atoms in total. The summed E-state index contributed by atoms with van der Waals surface area (Å²) in [6.45, 7) is 6.89. The number of nitrogens with one attached hydrogen (secondary N) is 2. The molecule has 0 radical (unpaired) electrons. The van der Waals surface area contributed by atoms with Gasteiger partial charge in [-0.3, -0.25) is 4.99 Å². The Balaban J connectivity index is 0.00000288. The number of benzene rings is 1. The molecule has 2 N–H and O–H groups in total. The fourth-order valence-corrected chi connectivity index (χ4v) is 2.77. The van der Waals surface area contributed by atoms with Crippen molar-refractivity contribution in [1.29, 1.82) is 0 Å². The SMILES string of the molecule is CN=C(NCCOC)NCc1ccc(N2CCC(C)CC2)cc1.I. The Labute approximate surface area is 163 Å². The predicted octanol–water partition coefficient (Wildman–Crippen LogP) is 2.85. The van der Waals surface area contributed by atoms with E-state index in [0.717, 1.165) is 25.0 Å². The summed E-state index contributed by atoms with van der Waals surface area (Å²) < 4.78 is 5.03. The molecular formula is C18H31IN4O. The van der Waals surface area contributed by atoms with E-state index < -0.39 is 0 Å². The van der Waals surface area contributed by atoms with Crippen LogP contribution in [-0.4, -0.2) is 46.4 Å². The van der Waals surface area contributed by atoms with Gasteiger partial charge in [0.15, 0.2) is 5.96 Å². The molecule has 1 fully saturated rings. The molecule has 1 saturated heterocycles. The molecule has 1 heterocycles. The Morgan fingerprint density at radius 1 is 1.21 bits per heavy atom. The molecule has 1 aliphatic rings. The third-order valence-electron chi connectivity index (χ3n) is 4.37. The van der Waals surface area contributed by atoms with E-state index in [0.29, 0.717) is 6.61 Å². The van der Waals surface area contributed by atoms with Gasteiger partial charge in [0.1, 0.15) is 0 Å². The molecule has 0 spiro atoms. The van der Waals surface area contributed by atoms with E-state index in [1.54, 1.807) is 14.2 Å². The second-order valence-electron chi connectivity index (χ2n) is 6.18. The van der Waals surface area contributed by atoms with Crippen molar-refractivity contribution in [1.82, 2.24) is 10.6 Å². The summed E-state index contributed by atoms with van der Waals surface area (Å²) in [5, 5.41) is 6.53. The molecule has 1 aromatic rings. The Bertz CT molecular complexity index is 484. The van der Waals surface area contributed by atoms with Crippen molar-refractivity contribution in [2.24, 2.45) is 10.9 Å². The molecular weight excluding hydrogens is 415 g/mol. The minimum Gasteiger partial charge on any atom is -0.383 e. The topological polar surface area (TPSA) is 48.9 Å². The van der Waals surface area contributed by atoms with Gasteiger partial charge in [0, 0.05) is 46.0 Å². The van der Waals surface area contributed by atoms with Crippen LogP contribution in [0.1, 0.15) is 25.3 Å². The van der Waals surface area contributed by atoms with Gasteiger partial charge in [0.25, 0.3) is 0 Å². The van der Waals surface area contributed by atoms with Crippen molar-refractivity contribution in [3.05, 3.63) is 29.8 Å². The number of hydrogen-bond donors (Lipinski definition) is 2. The van der Waals surface area contributed by atoms with Gasteiger partial charge in [0.05, 0.1) is 6.61 Å². The van der Waals surface area contributed by atoms with Crippen molar-refractivity contribution in [3.8, 4) is 0 Å². The second kappa shape index (κ2) is 11.5. The van der Waals surface area contributed by atoms with Gasteiger partial charge >= 0.3 is 0 Å². The number of hydrogen-bond acceptors (Lipinski definition) is 3. The van der Waals surface area contributed by atoms with E-state index in [2.05, 4.69) is 51.7 Å². The molecule has 0 aliphatic carbocycles. The van der Waals surface area contributed by atoms with E-state index in [9.17, 15) is 0 Å². The molecule has 0 atom stereocenters. The lowest BCUT2D eigenvalue weighted by Crippen LogP contribution is -2.38. The summed E-state index contributed by atoms with van der Waals surface area (Å²) in [5.74, 6) is 1.67. The monoisotopic (exact) mass is 446 g/mol. The summed E-state index contributed by atoms with van der Waals surface area (Å²) in [4.78, 5) is 6.69. The van der Waals surface area contributed by atoms with E-state index in [-0.39, 0.29) is 24.0 Å². The first-order chi connectivity index (χ1) is 11.2. The average Bonchev–Trinajstić information content (AvgIpc) is 2.59. The highest BCUT2D eigenvalue weighted by Gasteiger charge is 2.15. The van der Waals surface area contributed by atoms with Crippen molar-refractivity contribution < 1.29 is 4.74 Å². The molecule has 0 aromatic heterocycles. The van der Waals surface area contributed by atoms with Crippen LogP contribution in [-0.2, 0) is 11.3 Å². The maximum absolute atomic E-state index is 5.03. The van der Waals surface area contributed by atoms with Crippen LogP contribution in [0.2, 0.25) is 0 Å². The third kappa shape index (κ3) is 6.84. The third-order valence-corrected chi connectivity index (χ3v) is 4.37. The Morgan fingerprint density at radius 3 is 2.46 bits per heavy atom. The van der Waals surface area contributed by atoms with Crippen LogP contribution in [0.15, 0.2) is 29.3 Å². The van der Waals surface area contributed by atoms with E-state index in [1.165, 1.54) is 37.2 Å². The van der Waals surface area contributed by atoms with Crippen molar-refractivity contribution in [2.45, 2.75) is 26.3 Å². The van der Waals surface area contributed by atoms with Crippen molar-refractivity contribution in [2.75, 3.05) is 45.3 Å². The lowest BCUT2D eigenvalue weighted by atomic mass is 9.99.